The maximum Gasteiger partial charge on any atom is 0.242 e. The number of hydrogen-bond donors (Lipinski definition) is 1. The van der Waals surface area contributed by atoms with Crippen LogP contribution in [-0.2, 0) is 14.8 Å². The summed E-state index contributed by atoms with van der Waals surface area (Å²) in [7, 11) is -3.74. The summed E-state index contributed by atoms with van der Waals surface area (Å²) in [6.45, 7) is 4.75. The van der Waals surface area contributed by atoms with Gasteiger partial charge in [-0.2, -0.15) is 8.75 Å². The molecule has 0 unspecified atom stereocenters. The fourth-order valence-corrected chi connectivity index (χ4v) is 5.00. The second kappa shape index (κ2) is 7.64. The molecule has 0 radical (unpaired) electrons. The summed E-state index contributed by atoms with van der Waals surface area (Å²) in [5, 5.41) is 0. The maximum atomic E-state index is 12.9. The van der Waals surface area contributed by atoms with Crippen LogP contribution in [0.2, 0.25) is 0 Å². The number of rotatable bonds is 6. The first-order chi connectivity index (χ1) is 13.0. The van der Waals surface area contributed by atoms with Gasteiger partial charge in [-0.05, 0) is 31.2 Å². The molecule has 1 aliphatic rings. The fourth-order valence-electron chi connectivity index (χ4n) is 3.20. The highest BCUT2D eigenvalue weighted by Gasteiger charge is 2.28. The van der Waals surface area contributed by atoms with Crippen LogP contribution in [0, 0.1) is 6.92 Å². The monoisotopic (exact) mass is 408 g/mol. The van der Waals surface area contributed by atoms with Gasteiger partial charge < -0.3 is 9.15 Å². The van der Waals surface area contributed by atoms with E-state index in [1.807, 2.05) is 19.1 Å². The van der Waals surface area contributed by atoms with Crippen LogP contribution in [-0.4, -0.2) is 54.9 Å². The van der Waals surface area contributed by atoms with Crippen molar-refractivity contribution in [3.05, 3.63) is 41.9 Å². The Balaban J connectivity index is 1.58. The molecule has 0 amide bonds. The minimum atomic E-state index is -3.74. The summed E-state index contributed by atoms with van der Waals surface area (Å²) in [5.74, 6) is 1.54. The number of sulfonamides is 1. The van der Waals surface area contributed by atoms with E-state index in [2.05, 4.69) is 18.4 Å². The number of aryl methyl sites for hydroxylation is 1. The molecule has 27 heavy (non-hydrogen) atoms. The summed E-state index contributed by atoms with van der Waals surface area (Å²) in [5.41, 5.74) is 0.973. The second-order valence-electron chi connectivity index (χ2n) is 6.35. The second-order valence-corrected chi connectivity index (χ2v) is 8.62. The summed E-state index contributed by atoms with van der Waals surface area (Å²) in [6.07, 6.45) is 0. The Morgan fingerprint density at radius 2 is 2.04 bits per heavy atom. The predicted molar refractivity (Wildman–Crippen MR) is 101 cm³/mol. The molecule has 0 spiro atoms. The van der Waals surface area contributed by atoms with E-state index < -0.39 is 10.0 Å². The van der Waals surface area contributed by atoms with Gasteiger partial charge in [-0.3, -0.25) is 4.90 Å². The van der Waals surface area contributed by atoms with Gasteiger partial charge in [0.2, 0.25) is 10.0 Å². The largest absolute Gasteiger partial charge is 0.465 e. The Kier molecular flexibility index (Phi) is 5.24. The zero-order valence-corrected chi connectivity index (χ0v) is 16.4. The Morgan fingerprint density at radius 3 is 2.78 bits per heavy atom. The van der Waals surface area contributed by atoms with E-state index in [-0.39, 0.29) is 17.5 Å². The normalized spacial score (nSPS) is 17.4. The number of ether oxygens (including phenoxy) is 1. The molecule has 3 heterocycles. The van der Waals surface area contributed by atoms with Crippen molar-refractivity contribution in [2.24, 2.45) is 0 Å². The molecule has 1 aliphatic heterocycles. The lowest BCUT2D eigenvalue weighted by atomic mass is 10.2. The summed E-state index contributed by atoms with van der Waals surface area (Å²) >= 11 is 1.00. The van der Waals surface area contributed by atoms with Crippen molar-refractivity contribution in [1.29, 1.82) is 0 Å². The minimum absolute atomic E-state index is 0.144. The zero-order valence-electron chi connectivity index (χ0n) is 14.8. The Labute approximate surface area is 161 Å². The van der Waals surface area contributed by atoms with Gasteiger partial charge in [-0.15, -0.1) is 0 Å². The van der Waals surface area contributed by atoms with E-state index in [0.717, 1.165) is 36.3 Å². The molecule has 1 N–H and O–H groups in total. The Hall–Kier alpha value is -1.85. The molecule has 8 nitrogen and oxygen atoms in total. The van der Waals surface area contributed by atoms with Crippen LogP contribution in [0.4, 0.5) is 0 Å². The molecule has 1 fully saturated rings. The highest BCUT2D eigenvalue weighted by molar-refractivity contribution is 7.89. The fraction of sp³-hybridized carbons (Fsp3) is 0.412. The summed E-state index contributed by atoms with van der Waals surface area (Å²) < 4.78 is 48.0. The van der Waals surface area contributed by atoms with Gasteiger partial charge in [0.25, 0.3) is 0 Å². The van der Waals surface area contributed by atoms with E-state index in [9.17, 15) is 8.42 Å². The molecule has 10 heteroatoms. The van der Waals surface area contributed by atoms with Crippen molar-refractivity contribution >= 4 is 32.8 Å². The average molecular weight is 409 g/mol. The molecular formula is C17H20N4O4S2. The summed E-state index contributed by atoms with van der Waals surface area (Å²) in [6, 6.07) is 8.55. The third kappa shape index (κ3) is 3.90. The number of nitrogens with zero attached hydrogens (tertiary/aromatic N) is 3. The molecule has 144 valence electrons. The Bertz CT molecular complexity index is 1020. The molecule has 1 aromatic carbocycles. The third-order valence-corrected chi connectivity index (χ3v) is 6.58. The topological polar surface area (TPSA) is 97.6 Å². The average Bonchev–Trinajstić information content (AvgIpc) is 3.31. The lowest BCUT2D eigenvalue weighted by molar-refractivity contribution is 0.0127. The summed E-state index contributed by atoms with van der Waals surface area (Å²) in [4.78, 5) is 2.32. The van der Waals surface area contributed by atoms with Crippen molar-refractivity contribution in [3.63, 3.8) is 0 Å². The van der Waals surface area contributed by atoms with Crippen LogP contribution in [0.25, 0.3) is 11.0 Å². The molecule has 4 rings (SSSR count). The van der Waals surface area contributed by atoms with E-state index in [1.54, 1.807) is 18.2 Å². The third-order valence-electron chi connectivity index (χ3n) is 4.58. The standard InChI is InChI=1S/C17H20N4O4S2/c1-12-5-6-15(25-12)14(21-7-9-24-10-8-21)11-18-27(22,23)16-4-2-3-13-17(16)20-26-19-13/h2-6,14,18H,7-11H2,1H3/t14-/m0/s1. The molecule has 3 aromatic rings. The van der Waals surface area contributed by atoms with Crippen molar-refractivity contribution in [2.75, 3.05) is 32.8 Å². The number of furan rings is 1. The van der Waals surface area contributed by atoms with Crippen molar-refractivity contribution in [3.8, 4) is 0 Å². The van der Waals surface area contributed by atoms with E-state index >= 15 is 0 Å². The van der Waals surface area contributed by atoms with Gasteiger partial charge in [0.05, 0.1) is 31.0 Å². The molecule has 0 saturated carbocycles. The van der Waals surface area contributed by atoms with Crippen LogP contribution >= 0.6 is 11.7 Å². The molecule has 1 atom stereocenters. The number of fused-ring (bicyclic) bond motifs is 1. The first-order valence-electron chi connectivity index (χ1n) is 8.64. The zero-order chi connectivity index (χ0) is 18.9. The number of hydrogen-bond acceptors (Lipinski definition) is 8. The highest BCUT2D eigenvalue weighted by atomic mass is 32.2. The van der Waals surface area contributed by atoms with Gasteiger partial charge >= 0.3 is 0 Å². The van der Waals surface area contributed by atoms with Gasteiger partial charge in [0.1, 0.15) is 27.4 Å². The molecule has 1 saturated heterocycles. The van der Waals surface area contributed by atoms with E-state index in [0.29, 0.717) is 24.2 Å². The smallest absolute Gasteiger partial charge is 0.242 e. The van der Waals surface area contributed by atoms with Crippen LogP contribution in [0.5, 0.6) is 0 Å². The van der Waals surface area contributed by atoms with Crippen LogP contribution in [0.3, 0.4) is 0 Å². The molecule has 2 aromatic heterocycles. The van der Waals surface area contributed by atoms with Crippen molar-refractivity contribution < 1.29 is 17.6 Å². The molecule has 0 aliphatic carbocycles. The first kappa shape index (κ1) is 18.5. The number of nitrogens with one attached hydrogen (secondary N) is 1. The molecular weight excluding hydrogens is 388 g/mol. The number of morpholine rings is 1. The van der Waals surface area contributed by atoms with Crippen LogP contribution in [0.15, 0.2) is 39.6 Å². The highest BCUT2D eigenvalue weighted by Crippen LogP contribution is 2.25. The number of aromatic nitrogens is 2. The van der Waals surface area contributed by atoms with Crippen molar-refractivity contribution in [2.45, 2.75) is 17.9 Å². The predicted octanol–water partition coefficient (Wildman–Crippen LogP) is 1.94. The van der Waals surface area contributed by atoms with Gasteiger partial charge in [-0.1, -0.05) is 6.07 Å². The first-order valence-corrected chi connectivity index (χ1v) is 10.8. The van der Waals surface area contributed by atoms with Gasteiger partial charge in [0, 0.05) is 19.6 Å². The van der Waals surface area contributed by atoms with Crippen LogP contribution in [0.1, 0.15) is 17.6 Å². The van der Waals surface area contributed by atoms with E-state index in [4.69, 9.17) is 9.15 Å². The minimum Gasteiger partial charge on any atom is -0.465 e. The maximum absolute atomic E-state index is 12.9. The van der Waals surface area contributed by atoms with Gasteiger partial charge in [0.15, 0.2) is 0 Å². The lowest BCUT2D eigenvalue weighted by Crippen LogP contribution is -2.43. The number of benzene rings is 1. The SMILES string of the molecule is Cc1ccc([C@H](CNS(=O)(=O)c2cccc3nsnc23)N2CCOCC2)o1. The quantitative estimate of drug-likeness (QED) is 0.666. The lowest BCUT2D eigenvalue weighted by Gasteiger charge is -2.33. The van der Waals surface area contributed by atoms with Crippen molar-refractivity contribution in [1.82, 2.24) is 18.4 Å². The van der Waals surface area contributed by atoms with Crippen LogP contribution < -0.4 is 4.72 Å². The Morgan fingerprint density at radius 1 is 1.22 bits per heavy atom. The molecule has 0 bridgehead atoms. The van der Waals surface area contributed by atoms with E-state index in [1.165, 1.54) is 0 Å². The van der Waals surface area contributed by atoms with Gasteiger partial charge in [-0.25, -0.2) is 13.1 Å².